The number of nitrogens with zero attached hydrogens (tertiary/aromatic N) is 2. The Morgan fingerprint density at radius 2 is 1.44 bits per heavy atom. The Morgan fingerprint density at radius 3 is 1.97 bits per heavy atom. The first-order valence-corrected chi connectivity index (χ1v) is 10.4. The molecule has 0 saturated carbocycles. The number of carbonyl (C=O) groups is 2. The maximum absolute atomic E-state index is 13.8. The van der Waals surface area contributed by atoms with Crippen molar-refractivity contribution in [3.05, 3.63) is 105 Å². The van der Waals surface area contributed by atoms with Gasteiger partial charge >= 0.3 is 0 Å². The highest BCUT2D eigenvalue weighted by Crippen LogP contribution is 2.64. The van der Waals surface area contributed by atoms with Crippen LogP contribution in [0.3, 0.4) is 0 Å². The molecule has 32 heavy (non-hydrogen) atoms. The molecule has 0 spiro atoms. The summed E-state index contributed by atoms with van der Waals surface area (Å²) in [4.78, 5) is 41.2. The smallest absolute Gasteiger partial charge is 0.285 e. The zero-order valence-electron chi connectivity index (χ0n) is 17.1. The second-order valence-corrected chi connectivity index (χ2v) is 8.39. The van der Waals surface area contributed by atoms with Crippen LogP contribution in [-0.2, 0) is 15.1 Å². The monoisotopic (exact) mass is 426 g/mol. The van der Waals surface area contributed by atoms with Gasteiger partial charge in [-0.05, 0) is 35.4 Å². The van der Waals surface area contributed by atoms with Crippen molar-refractivity contribution in [3.8, 4) is 5.75 Å². The van der Waals surface area contributed by atoms with Gasteiger partial charge in [0.25, 0.3) is 5.54 Å². The van der Waals surface area contributed by atoms with Crippen molar-refractivity contribution in [3.63, 3.8) is 0 Å². The number of ether oxygens (including phenoxy) is 1. The van der Waals surface area contributed by atoms with Crippen molar-refractivity contribution in [1.29, 1.82) is 0 Å². The van der Waals surface area contributed by atoms with E-state index in [2.05, 4.69) is 0 Å². The minimum Gasteiger partial charge on any atom is -0.497 e. The summed E-state index contributed by atoms with van der Waals surface area (Å²) in [7, 11) is 1.53. The molecule has 1 fully saturated rings. The van der Waals surface area contributed by atoms with Gasteiger partial charge in [-0.3, -0.25) is 19.7 Å². The fourth-order valence-electron chi connectivity index (χ4n) is 6.03. The van der Waals surface area contributed by atoms with Gasteiger partial charge in [0.15, 0.2) is 0 Å². The lowest BCUT2D eigenvalue weighted by Crippen LogP contribution is -2.57. The number of amides is 2. The molecule has 1 saturated heterocycles. The van der Waals surface area contributed by atoms with Crippen LogP contribution in [0.4, 0.5) is 5.69 Å². The van der Waals surface area contributed by atoms with Crippen LogP contribution < -0.4 is 9.64 Å². The van der Waals surface area contributed by atoms with E-state index >= 15 is 0 Å². The molecule has 0 radical (unpaired) electrons. The van der Waals surface area contributed by atoms with Crippen molar-refractivity contribution in [1.82, 2.24) is 0 Å². The largest absolute Gasteiger partial charge is 0.497 e. The van der Waals surface area contributed by atoms with Gasteiger partial charge in [0.2, 0.25) is 11.8 Å². The first-order valence-electron chi connectivity index (χ1n) is 10.4. The molecule has 2 atom stereocenters. The van der Waals surface area contributed by atoms with Gasteiger partial charge in [0, 0.05) is 22.0 Å². The van der Waals surface area contributed by atoms with E-state index in [1.54, 1.807) is 48.5 Å². The topological polar surface area (TPSA) is 89.8 Å². The SMILES string of the molecule is COc1ccc(N2C(=O)[C@@H]3C4c5ccccc5C([N+](=O)[O-])(c5ccccc54)[C@@H]3C2=O)cc1. The van der Waals surface area contributed by atoms with Crippen LogP contribution in [0.2, 0.25) is 0 Å². The predicted molar refractivity (Wildman–Crippen MR) is 115 cm³/mol. The van der Waals surface area contributed by atoms with Gasteiger partial charge in [-0.15, -0.1) is 0 Å². The third-order valence-corrected chi connectivity index (χ3v) is 7.19. The molecular formula is C25H18N2O5. The maximum Gasteiger partial charge on any atom is 0.285 e. The van der Waals surface area contributed by atoms with Crippen molar-refractivity contribution in [2.45, 2.75) is 11.5 Å². The Bertz CT molecular complexity index is 1270. The molecule has 7 heteroatoms. The minimum atomic E-state index is -1.80. The molecule has 2 amide bonds. The first kappa shape index (κ1) is 18.7. The molecule has 4 aliphatic rings. The van der Waals surface area contributed by atoms with Gasteiger partial charge in [0.05, 0.1) is 18.7 Å². The standard InChI is InChI=1S/C25H18N2O5/c1-32-15-12-10-14(11-13-15)26-23(28)21-20-16-6-2-4-8-18(16)25(27(30)31,22(21)24(26)29)19-9-5-3-7-17(19)20/h2-13,20-22H,1H3/t20?,21-,22+,25?/m1/s1. The minimum absolute atomic E-state index is 0.361. The fraction of sp³-hybridized carbons (Fsp3) is 0.200. The molecule has 158 valence electrons. The predicted octanol–water partition coefficient (Wildman–Crippen LogP) is 3.48. The average molecular weight is 426 g/mol. The summed E-state index contributed by atoms with van der Waals surface area (Å²) in [5, 5.41) is 12.9. The van der Waals surface area contributed by atoms with Crippen LogP contribution in [0.25, 0.3) is 0 Å². The first-order chi connectivity index (χ1) is 15.5. The summed E-state index contributed by atoms with van der Waals surface area (Å²) in [6, 6.07) is 20.9. The fourth-order valence-corrected chi connectivity index (χ4v) is 6.03. The van der Waals surface area contributed by atoms with Crippen molar-refractivity contribution in [2.24, 2.45) is 11.8 Å². The van der Waals surface area contributed by atoms with E-state index in [1.165, 1.54) is 7.11 Å². The van der Waals surface area contributed by atoms with Crippen LogP contribution in [-0.4, -0.2) is 23.8 Å². The lowest BCUT2D eigenvalue weighted by atomic mass is 9.51. The molecule has 0 aromatic heterocycles. The highest BCUT2D eigenvalue weighted by Gasteiger charge is 2.74. The van der Waals surface area contributed by atoms with Crippen LogP contribution in [0.15, 0.2) is 72.8 Å². The number of hydrogen-bond acceptors (Lipinski definition) is 5. The van der Waals surface area contributed by atoms with E-state index in [0.717, 1.165) is 16.0 Å². The number of nitro groups is 1. The number of hydrogen-bond donors (Lipinski definition) is 0. The summed E-state index contributed by atoms with van der Waals surface area (Å²) >= 11 is 0. The van der Waals surface area contributed by atoms with E-state index in [4.69, 9.17) is 4.74 Å². The zero-order chi connectivity index (χ0) is 22.2. The van der Waals surface area contributed by atoms with Gasteiger partial charge < -0.3 is 4.74 Å². The summed E-state index contributed by atoms with van der Waals surface area (Å²) in [6.07, 6.45) is 0. The van der Waals surface area contributed by atoms with Crippen LogP contribution in [0, 0.1) is 22.0 Å². The second kappa shape index (κ2) is 6.26. The Kier molecular flexibility index (Phi) is 3.67. The number of rotatable bonds is 3. The Hall–Kier alpha value is -4.00. The number of benzene rings is 3. The molecule has 1 aliphatic heterocycles. The van der Waals surface area contributed by atoms with Crippen molar-refractivity contribution < 1.29 is 19.2 Å². The van der Waals surface area contributed by atoms with Crippen molar-refractivity contribution in [2.75, 3.05) is 12.0 Å². The molecule has 3 aromatic rings. The summed E-state index contributed by atoms with van der Waals surface area (Å²) in [5.41, 5.74) is 1.10. The molecule has 0 N–H and O–H groups in total. The van der Waals surface area contributed by atoms with E-state index in [0.29, 0.717) is 22.6 Å². The second-order valence-electron chi connectivity index (χ2n) is 8.39. The molecule has 7 rings (SSSR count). The normalized spacial score (nSPS) is 27.0. The highest BCUT2D eigenvalue weighted by molar-refractivity contribution is 6.23. The van der Waals surface area contributed by atoms with Crippen LogP contribution >= 0.6 is 0 Å². The number of carbonyl (C=O) groups excluding carboxylic acids is 2. The molecule has 1 heterocycles. The van der Waals surface area contributed by atoms with Crippen molar-refractivity contribution >= 4 is 17.5 Å². The van der Waals surface area contributed by atoms with Gasteiger partial charge in [-0.1, -0.05) is 48.5 Å². The third-order valence-electron chi connectivity index (χ3n) is 7.19. The van der Waals surface area contributed by atoms with E-state index in [9.17, 15) is 19.7 Å². The maximum atomic E-state index is 13.8. The van der Waals surface area contributed by atoms with Crippen LogP contribution in [0.1, 0.15) is 28.2 Å². The summed E-state index contributed by atoms with van der Waals surface area (Å²) in [5.74, 6) is -2.69. The van der Waals surface area contributed by atoms with Gasteiger partial charge in [0.1, 0.15) is 11.7 Å². The highest BCUT2D eigenvalue weighted by atomic mass is 16.6. The summed E-state index contributed by atoms with van der Waals surface area (Å²) < 4.78 is 5.18. The molecule has 7 nitrogen and oxygen atoms in total. The molecule has 3 aromatic carbocycles. The lowest BCUT2D eigenvalue weighted by Gasteiger charge is -2.48. The molecule has 2 bridgehead atoms. The van der Waals surface area contributed by atoms with Gasteiger partial charge in [-0.2, -0.15) is 0 Å². The van der Waals surface area contributed by atoms with E-state index < -0.39 is 35.1 Å². The number of imide groups is 1. The Morgan fingerprint density at radius 1 is 0.875 bits per heavy atom. The molecule has 3 aliphatic carbocycles. The quantitative estimate of drug-likeness (QED) is 0.363. The van der Waals surface area contributed by atoms with Gasteiger partial charge in [-0.25, -0.2) is 4.90 Å². The summed E-state index contributed by atoms with van der Waals surface area (Å²) in [6.45, 7) is 0. The van der Waals surface area contributed by atoms with E-state index in [1.807, 2.05) is 24.3 Å². The number of anilines is 1. The Labute approximate surface area is 183 Å². The molecular weight excluding hydrogens is 408 g/mol. The average Bonchev–Trinajstić information content (AvgIpc) is 3.09. The third kappa shape index (κ3) is 2.01. The Balaban J connectivity index is 1.63. The molecule has 0 unspecified atom stereocenters. The number of methoxy groups -OCH3 is 1. The van der Waals surface area contributed by atoms with E-state index in [-0.39, 0.29) is 4.92 Å². The lowest BCUT2D eigenvalue weighted by molar-refractivity contribution is -0.578. The van der Waals surface area contributed by atoms with Crippen LogP contribution in [0.5, 0.6) is 5.75 Å². The zero-order valence-corrected chi connectivity index (χ0v) is 17.1.